The van der Waals surface area contributed by atoms with Crippen LogP contribution in [0.15, 0.2) is 36.5 Å². The van der Waals surface area contributed by atoms with Crippen molar-refractivity contribution in [1.82, 2.24) is 5.32 Å². The largest absolute Gasteiger partial charge is 0.472 e. The molecule has 0 aromatic heterocycles. The van der Waals surface area contributed by atoms with Crippen LogP contribution in [0.2, 0.25) is 0 Å². The molecule has 0 aromatic rings. The second kappa shape index (κ2) is 35.1. The molecule has 0 aliphatic rings. The van der Waals surface area contributed by atoms with Crippen LogP contribution in [-0.4, -0.2) is 54.3 Å². The fourth-order valence-corrected chi connectivity index (χ4v) is 5.67. The minimum atomic E-state index is -4.40. The van der Waals surface area contributed by atoms with Crippen molar-refractivity contribution in [2.24, 2.45) is 0 Å². The third-order valence-electron chi connectivity index (χ3n) is 7.82. The predicted molar refractivity (Wildman–Crippen MR) is 197 cm³/mol. The van der Waals surface area contributed by atoms with Gasteiger partial charge < -0.3 is 20.1 Å². The van der Waals surface area contributed by atoms with Gasteiger partial charge in [-0.3, -0.25) is 18.6 Å². The molecule has 10 heteroatoms. The van der Waals surface area contributed by atoms with E-state index in [0.717, 1.165) is 64.2 Å². The Labute approximate surface area is 293 Å². The second-order valence-corrected chi connectivity index (χ2v) is 14.0. The Hall–Kier alpha value is -1.77. The summed E-state index contributed by atoms with van der Waals surface area (Å²) >= 11 is 0. The van der Waals surface area contributed by atoms with Crippen LogP contribution in [0.4, 0.5) is 0 Å². The van der Waals surface area contributed by atoms with Gasteiger partial charge in [-0.2, -0.15) is 0 Å². The van der Waals surface area contributed by atoms with Crippen molar-refractivity contribution in [1.29, 1.82) is 0 Å². The van der Waals surface area contributed by atoms with Gasteiger partial charge in [0, 0.05) is 19.4 Å². The first-order valence-corrected chi connectivity index (χ1v) is 20.5. The van der Waals surface area contributed by atoms with Gasteiger partial charge in [0.05, 0.1) is 13.2 Å². The van der Waals surface area contributed by atoms with Gasteiger partial charge in [0.15, 0.2) is 0 Å². The highest BCUT2D eigenvalue weighted by molar-refractivity contribution is 7.47. The maximum Gasteiger partial charge on any atom is 0.472 e. The van der Waals surface area contributed by atoms with Gasteiger partial charge in [0.2, 0.25) is 5.91 Å². The number of nitrogens with one attached hydrogen (secondary N) is 1. The average molecular weight is 700 g/mol. The topological polar surface area (TPSA) is 131 Å². The summed E-state index contributed by atoms with van der Waals surface area (Å²) in [5.74, 6) is -0.534. The van der Waals surface area contributed by atoms with Crippen molar-refractivity contribution in [3.05, 3.63) is 36.5 Å². The number of amides is 1. The molecule has 0 saturated heterocycles. The Morgan fingerprint density at radius 1 is 0.646 bits per heavy atom. The standard InChI is InChI=1S/C38H70NO8P/c1-3-5-7-9-11-12-13-14-15-16-17-18-19-20-21-22-23-24-25-26-28-30-37(41)39-32-33-46-48(43,44)47-35-36(40)34-45-38(42)31-29-27-10-8-6-4-2/h11-12,14-15,17-18,36,40H,3-10,13,16,19-35H2,1-2H3,(H,39,41)(H,43,44)/b12-11-,15-14-,18-17-. The number of unbranched alkanes of at least 4 members (excludes halogenated alkanes) is 16. The minimum absolute atomic E-state index is 0.0775. The van der Waals surface area contributed by atoms with Gasteiger partial charge in [0.25, 0.3) is 0 Å². The van der Waals surface area contributed by atoms with Crippen LogP contribution in [0.5, 0.6) is 0 Å². The molecule has 1 amide bonds. The average Bonchev–Trinajstić information content (AvgIpc) is 3.07. The van der Waals surface area contributed by atoms with Gasteiger partial charge in [0.1, 0.15) is 12.7 Å². The number of aliphatic hydroxyl groups is 1. The highest BCUT2D eigenvalue weighted by Gasteiger charge is 2.23. The summed E-state index contributed by atoms with van der Waals surface area (Å²) in [7, 11) is -4.40. The van der Waals surface area contributed by atoms with Crippen LogP contribution in [0.1, 0.15) is 162 Å². The number of hydrogen-bond acceptors (Lipinski definition) is 7. The van der Waals surface area contributed by atoms with Crippen LogP contribution in [0, 0.1) is 0 Å². The molecule has 2 atom stereocenters. The number of hydrogen-bond donors (Lipinski definition) is 3. The van der Waals surface area contributed by atoms with Crippen LogP contribution in [0.25, 0.3) is 0 Å². The molecule has 9 nitrogen and oxygen atoms in total. The molecule has 2 unspecified atom stereocenters. The zero-order chi connectivity index (χ0) is 35.4. The number of rotatable bonds is 35. The molecule has 0 saturated carbocycles. The van der Waals surface area contributed by atoms with Crippen LogP contribution in [0.3, 0.4) is 0 Å². The van der Waals surface area contributed by atoms with Crippen molar-refractivity contribution in [2.45, 2.75) is 168 Å². The number of phosphoric ester groups is 1. The van der Waals surface area contributed by atoms with E-state index in [1.54, 1.807) is 0 Å². The van der Waals surface area contributed by atoms with Gasteiger partial charge in [-0.1, -0.05) is 134 Å². The summed E-state index contributed by atoms with van der Waals surface area (Å²) in [6.07, 6.45) is 36.8. The first kappa shape index (κ1) is 46.2. The third-order valence-corrected chi connectivity index (χ3v) is 8.81. The van der Waals surface area contributed by atoms with Crippen LogP contribution < -0.4 is 5.32 Å². The predicted octanol–water partition coefficient (Wildman–Crippen LogP) is 9.82. The minimum Gasteiger partial charge on any atom is -0.463 e. The molecule has 0 aromatic carbocycles. The van der Waals surface area contributed by atoms with Gasteiger partial charge in [-0.05, 0) is 51.4 Å². The maximum atomic E-state index is 12.0. The number of esters is 1. The first-order chi connectivity index (χ1) is 23.3. The summed E-state index contributed by atoms with van der Waals surface area (Å²) in [4.78, 5) is 33.5. The van der Waals surface area contributed by atoms with E-state index in [-0.39, 0.29) is 32.1 Å². The Kier molecular flexibility index (Phi) is 33.8. The van der Waals surface area contributed by atoms with Crippen molar-refractivity contribution in [3.8, 4) is 0 Å². The smallest absolute Gasteiger partial charge is 0.463 e. The van der Waals surface area contributed by atoms with E-state index in [0.29, 0.717) is 6.42 Å². The lowest BCUT2D eigenvalue weighted by atomic mass is 10.1. The third kappa shape index (κ3) is 35.5. The van der Waals surface area contributed by atoms with Crippen molar-refractivity contribution in [2.75, 3.05) is 26.4 Å². The summed E-state index contributed by atoms with van der Waals surface area (Å²) < 4.78 is 26.6. The molecule has 3 N–H and O–H groups in total. The molecule has 0 rings (SSSR count). The Morgan fingerprint density at radius 2 is 1.12 bits per heavy atom. The number of phosphoric acid groups is 1. The van der Waals surface area contributed by atoms with Crippen LogP contribution >= 0.6 is 7.82 Å². The molecule has 0 heterocycles. The Balaban J connectivity index is 3.59. The lowest BCUT2D eigenvalue weighted by Crippen LogP contribution is -2.27. The zero-order valence-electron chi connectivity index (χ0n) is 30.4. The normalized spacial score (nSPS) is 13.8. The number of carbonyl (C=O) groups is 2. The summed E-state index contributed by atoms with van der Waals surface area (Å²) in [5.41, 5.74) is 0. The van der Waals surface area contributed by atoms with E-state index in [1.165, 1.54) is 70.6 Å². The summed E-state index contributed by atoms with van der Waals surface area (Å²) in [5, 5.41) is 12.6. The zero-order valence-corrected chi connectivity index (χ0v) is 31.3. The van der Waals surface area contributed by atoms with Crippen molar-refractivity contribution >= 4 is 19.7 Å². The molecular weight excluding hydrogens is 629 g/mol. The molecule has 0 fully saturated rings. The summed E-state index contributed by atoms with van der Waals surface area (Å²) in [6.45, 7) is 3.42. The van der Waals surface area contributed by atoms with E-state index in [9.17, 15) is 24.2 Å². The van der Waals surface area contributed by atoms with Gasteiger partial charge in [-0.25, -0.2) is 4.57 Å². The molecular formula is C38H70NO8P. The van der Waals surface area contributed by atoms with Crippen LogP contribution in [-0.2, 0) is 27.9 Å². The number of aliphatic hydroxyl groups excluding tert-OH is 1. The molecule has 0 spiro atoms. The van der Waals surface area contributed by atoms with E-state index in [2.05, 4.69) is 55.6 Å². The van der Waals surface area contributed by atoms with E-state index in [1.807, 2.05) is 0 Å². The fraction of sp³-hybridized carbons (Fsp3) is 0.789. The molecule has 0 aliphatic carbocycles. The Bertz CT molecular complexity index is 892. The number of ether oxygens (including phenoxy) is 1. The molecule has 280 valence electrons. The number of allylic oxidation sites excluding steroid dienone is 6. The Morgan fingerprint density at radius 3 is 1.73 bits per heavy atom. The fourth-order valence-electron chi connectivity index (χ4n) is 4.91. The van der Waals surface area contributed by atoms with E-state index < -0.39 is 26.5 Å². The summed E-state index contributed by atoms with van der Waals surface area (Å²) in [6, 6.07) is 0. The SMILES string of the molecule is CCCCC/C=C\C/C=C\C/C=C\CCCCCCCCCCC(=O)NCCOP(=O)(O)OCC(O)COC(=O)CCCCCCCC. The molecule has 0 bridgehead atoms. The lowest BCUT2D eigenvalue weighted by Gasteiger charge is -2.15. The highest BCUT2D eigenvalue weighted by Crippen LogP contribution is 2.42. The molecule has 48 heavy (non-hydrogen) atoms. The highest BCUT2D eigenvalue weighted by atomic mass is 31.2. The second-order valence-electron chi connectivity index (χ2n) is 12.6. The van der Waals surface area contributed by atoms with E-state index >= 15 is 0 Å². The molecule has 0 aliphatic heterocycles. The van der Waals surface area contributed by atoms with Crippen molar-refractivity contribution in [3.63, 3.8) is 0 Å². The lowest BCUT2D eigenvalue weighted by molar-refractivity contribution is -0.147. The van der Waals surface area contributed by atoms with Crippen molar-refractivity contribution < 1.29 is 37.9 Å². The molecule has 0 radical (unpaired) electrons. The first-order valence-electron chi connectivity index (χ1n) is 19.0. The van der Waals surface area contributed by atoms with Gasteiger partial charge in [-0.15, -0.1) is 0 Å². The van der Waals surface area contributed by atoms with Gasteiger partial charge >= 0.3 is 13.8 Å². The number of carbonyl (C=O) groups excluding carboxylic acids is 2. The maximum absolute atomic E-state index is 12.0. The van der Waals surface area contributed by atoms with E-state index in [4.69, 9.17) is 13.8 Å². The quantitative estimate of drug-likeness (QED) is 0.0258. The monoisotopic (exact) mass is 699 g/mol.